The maximum absolute atomic E-state index is 14.1. The Labute approximate surface area is 217 Å². The molecule has 2 aromatic carbocycles. The highest BCUT2D eigenvalue weighted by Gasteiger charge is 2.37. The number of carbonyl (C=O) groups is 2. The number of hydrogen-bond donors (Lipinski definition) is 1. The van der Waals surface area contributed by atoms with E-state index in [1.54, 1.807) is 24.3 Å². The van der Waals surface area contributed by atoms with Crippen LogP contribution in [-0.2, 0) is 11.2 Å². The van der Waals surface area contributed by atoms with Gasteiger partial charge in [-0.25, -0.2) is 0 Å². The lowest BCUT2D eigenvalue weighted by atomic mass is 9.99. The van der Waals surface area contributed by atoms with Gasteiger partial charge in [-0.1, -0.05) is 38.0 Å². The van der Waals surface area contributed by atoms with Crippen LogP contribution in [0.1, 0.15) is 60.3 Å². The van der Waals surface area contributed by atoms with E-state index in [9.17, 15) is 9.59 Å². The first-order chi connectivity index (χ1) is 18.0. The Morgan fingerprint density at radius 2 is 1.68 bits per heavy atom. The van der Waals surface area contributed by atoms with Gasteiger partial charge < -0.3 is 23.9 Å². The Morgan fingerprint density at radius 1 is 1.00 bits per heavy atom. The number of aryl methyl sites for hydroxylation is 1. The summed E-state index contributed by atoms with van der Waals surface area (Å²) in [5.74, 6) is 0.617. The number of rotatable bonds is 10. The first-order valence-electron chi connectivity index (χ1n) is 12.6. The minimum Gasteiger partial charge on any atom is -0.493 e. The summed E-state index contributed by atoms with van der Waals surface area (Å²) in [5, 5.41) is 3.19. The van der Waals surface area contributed by atoms with Crippen LogP contribution in [0.25, 0.3) is 0 Å². The minimum atomic E-state index is -1.03. The molecule has 0 radical (unpaired) electrons. The standard InChI is InChI=1S/C29H34N2O6/c1-5-19-11-6-9-14-22(19)31(29(33)23-15-10-16-37-23)26(28(32)30-21-12-7-8-13-21)20-17-24(34-2)27(36-4)25(18-20)35-3/h6,9-11,14-18,21,26H,5,7-8,12-13H2,1-4H3,(H,30,32). The van der Waals surface area contributed by atoms with Crippen LogP contribution in [0.5, 0.6) is 17.2 Å². The molecule has 0 aliphatic heterocycles. The lowest BCUT2D eigenvalue weighted by Crippen LogP contribution is -2.46. The molecular weight excluding hydrogens is 472 g/mol. The maximum atomic E-state index is 14.1. The van der Waals surface area contributed by atoms with E-state index in [1.165, 1.54) is 32.5 Å². The molecule has 1 saturated carbocycles. The van der Waals surface area contributed by atoms with Crippen molar-refractivity contribution < 1.29 is 28.2 Å². The second-order valence-corrected chi connectivity index (χ2v) is 8.99. The number of anilines is 1. The number of methoxy groups -OCH3 is 3. The lowest BCUT2D eigenvalue weighted by molar-refractivity contribution is -0.123. The molecule has 1 aliphatic rings. The van der Waals surface area contributed by atoms with Crippen LogP contribution in [0.4, 0.5) is 5.69 Å². The Morgan fingerprint density at radius 3 is 2.24 bits per heavy atom. The maximum Gasteiger partial charge on any atom is 0.294 e. The van der Waals surface area contributed by atoms with Gasteiger partial charge in [0.15, 0.2) is 17.3 Å². The fourth-order valence-corrected chi connectivity index (χ4v) is 4.96. The van der Waals surface area contributed by atoms with Gasteiger partial charge in [0.05, 0.1) is 27.6 Å². The first-order valence-corrected chi connectivity index (χ1v) is 12.6. The molecule has 0 saturated heterocycles. The predicted molar refractivity (Wildman–Crippen MR) is 141 cm³/mol. The molecule has 37 heavy (non-hydrogen) atoms. The van der Waals surface area contributed by atoms with Crippen molar-refractivity contribution in [1.82, 2.24) is 5.32 Å². The van der Waals surface area contributed by atoms with E-state index in [0.29, 0.717) is 34.9 Å². The summed E-state index contributed by atoms with van der Waals surface area (Å²) < 4.78 is 22.2. The monoisotopic (exact) mass is 506 g/mol. The summed E-state index contributed by atoms with van der Waals surface area (Å²) in [7, 11) is 4.56. The van der Waals surface area contributed by atoms with Gasteiger partial charge >= 0.3 is 0 Å². The molecule has 1 aliphatic carbocycles. The van der Waals surface area contributed by atoms with Crippen molar-refractivity contribution in [2.45, 2.75) is 51.1 Å². The normalized spacial score (nSPS) is 14.2. The fourth-order valence-electron chi connectivity index (χ4n) is 4.96. The van der Waals surface area contributed by atoms with Crippen molar-refractivity contribution in [3.63, 3.8) is 0 Å². The van der Waals surface area contributed by atoms with E-state index in [-0.39, 0.29) is 17.7 Å². The SMILES string of the molecule is CCc1ccccc1N(C(=O)c1ccco1)C(C(=O)NC1CCCC1)c1cc(OC)c(OC)c(OC)c1. The number of ether oxygens (including phenoxy) is 3. The van der Waals surface area contributed by atoms with Crippen LogP contribution in [0, 0.1) is 0 Å². The zero-order valence-corrected chi connectivity index (χ0v) is 21.8. The van der Waals surface area contributed by atoms with E-state index in [0.717, 1.165) is 31.2 Å². The Hall–Kier alpha value is -3.94. The van der Waals surface area contributed by atoms with Gasteiger partial charge in [-0.3, -0.25) is 14.5 Å². The third-order valence-electron chi connectivity index (χ3n) is 6.79. The molecule has 1 fully saturated rings. The number of amides is 2. The number of furan rings is 1. The highest BCUT2D eigenvalue weighted by atomic mass is 16.5. The number of benzene rings is 2. The van der Waals surface area contributed by atoms with Crippen LogP contribution < -0.4 is 24.4 Å². The number of nitrogens with zero attached hydrogens (tertiary/aromatic N) is 1. The molecule has 4 rings (SSSR count). The molecule has 1 N–H and O–H groups in total. The van der Waals surface area contributed by atoms with Crippen LogP contribution in [0.2, 0.25) is 0 Å². The molecule has 1 unspecified atom stereocenters. The van der Waals surface area contributed by atoms with Crippen LogP contribution in [0.3, 0.4) is 0 Å². The van der Waals surface area contributed by atoms with Crippen LogP contribution in [-0.4, -0.2) is 39.2 Å². The molecule has 196 valence electrons. The Balaban J connectivity index is 1.93. The topological polar surface area (TPSA) is 90.2 Å². The van der Waals surface area contributed by atoms with Crippen molar-refractivity contribution in [2.24, 2.45) is 0 Å². The number of nitrogens with one attached hydrogen (secondary N) is 1. The van der Waals surface area contributed by atoms with Gasteiger partial charge in [-0.2, -0.15) is 0 Å². The molecular formula is C29H34N2O6. The zero-order chi connectivity index (χ0) is 26.4. The lowest BCUT2D eigenvalue weighted by Gasteiger charge is -2.33. The molecule has 8 nitrogen and oxygen atoms in total. The summed E-state index contributed by atoms with van der Waals surface area (Å²) in [6, 6.07) is 13.3. The largest absolute Gasteiger partial charge is 0.493 e. The summed E-state index contributed by atoms with van der Waals surface area (Å²) in [4.78, 5) is 29.6. The van der Waals surface area contributed by atoms with E-state index in [1.807, 2.05) is 31.2 Å². The molecule has 1 atom stereocenters. The molecule has 2 amide bonds. The van der Waals surface area contributed by atoms with Crippen LogP contribution in [0.15, 0.2) is 59.2 Å². The number of para-hydroxylation sites is 1. The zero-order valence-electron chi connectivity index (χ0n) is 21.8. The Kier molecular flexibility index (Phi) is 8.38. The van der Waals surface area contributed by atoms with Crippen molar-refractivity contribution in [2.75, 3.05) is 26.2 Å². The highest BCUT2D eigenvalue weighted by Crippen LogP contribution is 2.42. The van der Waals surface area contributed by atoms with Crippen LogP contribution >= 0.6 is 0 Å². The third kappa shape index (κ3) is 5.43. The molecule has 0 spiro atoms. The van der Waals surface area contributed by atoms with Gasteiger partial charge in [0, 0.05) is 11.7 Å². The smallest absolute Gasteiger partial charge is 0.294 e. The highest BCUT2D eigenvalue weighted by molar-refractivity contribution is 6.09. The average Bonchev–Trinajstić information content (AvgIpc) is 3.65. The summed E-state index contributed by atoms with van der Waals surface area (Å²) in [5.41, 5.74) is 2.08. The summed E-state index contributed by atoms with van der Waals surface area (Å²) in [6.45, 7) is 2.02. The van der Waals surface area contributed by atoms with Gasteiger partial charge in [0.2, 0.25) is 11.7 Å². The Bertz CT molecular complexity index is 1190. The quantitative estimate of drug-likeness (QED) is 0.401. The molecule has 8 heteroatoms. The molecule has 1 aromatic heterocycles. The van der Waals surface area contributed by atoms with Gasteiger partial charge in [-0.05, 0) is 60.7 Å². The second-order valence-electron chi connectivity index (χ2n) is 8.99. The predicted octanol–water partition coefficient (Wildman–Crippen LogP) is 5.31. The van der Waals surface area contributed by atoms with Gasteiger partial charge in [0.25, 0.3) is 5.91 Å². The van der Waals surface area contributed by atoms with Gasteiger partial charge in [0.1, 0.15) is 6.04 Å². The van der Waals surface area contributed by atoms with E-state index in [4.69, 9.17) is 18.6 Å². The van der Waals surface area contributed by atoms with E-state index < -0.39 is 11.9 Å². The third-order valence-corrected chi connectivity index (χ3v) is 6.79. The molecule has 1 heterocycles. The first kappa shape index (κ1) is 26.1. The van der Waals surface area contributed by atoms with E-state index in [2.05, 4.69) is 5.32 Å². The number of hydrogen-bond acceptors (Lipinski definition) is 6. The van der Waals surface area contributed by atoms with Crippen molar-refractivity contribution in [3.8, 4) is 17.2 Å². The fraction of sp³-hybridized carbons (Fsp3) is 0.379. The van der Waals surface area contributed by atoms with Crippen molar-refractivity contribution in [1.29, 1.82) is 0 Å². The van der Waals surface area contributed by atoms with E-state index >= 15 is 0 Å². The molecule has 0 bridgehead atoms. The van der Waals surface area contributed by atoms with Crippen molar-refractivity contribution >= 4 is 17.5 Å². The summed E-state index contributed by atoms with van der Waals surface area (Å²) in [6.07, 6.45) is 6.06. The molecule has 3 aromatic rings. The minimum absolute atomic E-state index is 0.0547. The summed E-state index contributed by atoms with van der Waals surface area (Å²) >= 11 is 0. The van der Waals surface area contributed by atoms with Crippen molar-refractivity contribution in [3.05, 3.63) is 71.7 Å². The van der Waals surface area contributed by atoms with Gasteiger partial charge in [-0.15, -0.1) is 0 Å². The second kappa shape index (κ2) is 11.9. The average molecular weight is 507 g/mol. The number of carbonyl (C=O) groups excluding carboxylic acids is 2.